The first-order valence-electron chi connectivity index (χ1n) is 6.75. The zero-order chi connectivity index (χ0) is 15.1. The third-order valence-corrected chi connectivity index (χ3v) is 3.58. The molecule has 0 aliphatic rings. The van der Waals surface area contributed by atoms with E-state index in [1.54, 1.807) is 12.1 Å². The molecule has 1 aromatic heterocycles. The number of nitrogens with zero attached hydrogens (tertiary/aromatic N) is 2. The number of non-ortho nitro benzene ring substituents is 1. The van der Waals surface area contributed by atoms with E-state index in [0.717, 1.165) is 16.3 Å². The van der Waals surface area contributed by atoms with E-state index < -0.39 is 4.92 Å². The van der Waals surface area contributed by atoms with Gasteiger partial charge in [0, 0.05) is 17.7 Å². The van der Waals surface area contributed by atoms with Gasteiger partial charge in [0.1, 0.15) is 5.52 Å². The lowest BCUT2D eigenvalue weighted by Crippen LogP contribution is -1.87. The third-order valence-electron chi connectivity index (χ3n) is 3.58. The fraction of sp³-hybridized carbons (Fsp3) is 0. The first-order valence-corrected chi connectivity index (χ1v) is 6.75. The lowest BCUT2D eigenvalue weighted by molar-refractivity contribution is -0.384. The second-order valence-electron chi connectivity index (χ2n) is 4.99. The van der Waals surface area contributed by atoms with E-state index in [4.69, 9.17) is 4.42 Å². The van der Waals surface area contributed by atoms with Crippen molar-refractivity contribution in [3.05, 3.63) is 70.8 Å². The summed E-state index contributed by atoms with van der Waals surface area (Å²) in [5, 5.41) is 12.9. The lowest BCUT2D eigenvalue weighted by Gasteiger charge is -1.95. The number of hydrogen-bond acceptors (Lipinski definition) is 4. The molecule has 0 saturated heterocycles. The minimum Gasteiger partial charge on any atom is -0.436 e. The quantitative estimate of drug-likeness (QED) is 0.401. The summed E-state index contributed by atoms with van der Waals surface area (Å²) in [6.45, 7) is 0. The van der Waals surface area contributed by atoms with Crippen molar-refractivity contribution in [3.63, 3.8) is 0 Å². The Balaban J connectivity index is 1.84. The van der Waals surface area contributed by atoms with Crippen LogP contribution in [0.1, 0.15) is 0 Å². The molecule has 0 atom stereocenters. The molecule has 0 radical (unpaired) electrons. The number of nitro benzene ring substituents is 1. The van der Waals surface area contributed by atoms with Crippen LogP contribution in [0.2, 0.25) is 0 Å². The van der Waals surface area contributed by atoms with Crippen molar-refractivity contribution in [3.8, 4) is 11.5 Å². The van der Waals surface area contributed by atoms with Crippen LogP contribution in [-0.2, 0) is 0 Å². The number of hydrogen-bond donors (Lipinski definition) is 0. The van der Waals surface area contributed by atoms with Gasteiger partial charge in [-0.1, -0.05) is 24.3 Å². The monoisotopic (exact) mass is 290 g/mol. The summed E-state index contributed by atoms with van der Waals surface area (Å²) < 4.78 is 5.78. The molecule has 106 valence electrons. The number of benzene rings is 3. The van der Waals surface area contributed by atoms with Gasteiger partial charge in [-0.05, 0) is 35.0 Å². The first kappa shape index (κ1) is 12.5. The molecule has 22 heavy (non-hydrogen) atoms. The maximum Gasteiger partial charge on any atom is 0.269 e. The molecule has 0 fully saturated rings. The molecule has 5 heteroatoms. The largest absolute Gasteiger partial charge is 0.436 e. The fourth-order valence-corrected chi connectivity index (χ4v) is 2.46. The fourth-order valence-electron chi connectivity index (χ4n) is 2.46. The summed E-state index contributed by atoms with van der Waals surface area (Å²) in [6, 6.07) is 18.1. The predicted molar refractivity (Wildman–Crippen MR) is 83.6 cm³/mol. The molecule has 0 unspecified atom stereocenters. The summed E-state index contributed by atoms with van der Waals surface area (Å²) in [5.41, 5.74) is 2.23. The number of aromatic nitrogens is 1. The normalized spacial score (nSPS) is 11.1. The standard InChI is InChI=1S/C17H10N2O3/c20-19(21)14-7-5-11(6-8-14)17-18-15-9-12-3-1-2-4-13(12)10-16(15)22-17/h1-10H. The van der Waals surface area contributed by atoms with Gasteiger partial charge in [-0.2, -0.15) is 0 Å². The van der Waals surface area contributed by atoms with Crippen LogP contribution in [-0.4, -0.2) is 9.91 Å². The van der Waals surface area contributed by atoms with Gasteiger partial charge in [-0.3, -0.25) is 10.1 Å². The van der Waals surface area contributed by atoms with Gasteiger partial charge < -0.3 is 4.42 Å². The first-order chi connectivity index (χ1) is 10.7. The molecule has 0 spiro atoms. The van der Waals surface area contributed by atoms with Crippen LogP contribution in [0.4, 0.5) is 5.69 Å². The second-order valence-corrected chi connectivity index (χ2v) is 4.99. The van der Waals surface area contributed by atoms with Crippen molar-refractivity contribution >= 4 is 27.6 Å². The van der Waals surface area contributed by atoms with E-state index in [9.17, 15) is 10.1 Å². The highest BCUT2D eigenvalue weighted by atomic mass is 16.6. The highest BCUT2D eigenvalue weighted by Crippen LogP contribution is 2.28. The maximum atomic E-state index is 10.7. The Morgan fingerprint density at radius 3 is 2.32 bits per heavy atom. The summed E-state index contributed by atoms with van der Waals surface area (Å²) in [6.07, 6.45) is 0. The van der Waals surface area contributed by atoms with Gasteiger partial charge in [0.25, 0.3) is 5.69 Å². The van der Waals surface area contributed by atoms with Crippen molar-refractivity contribution in [2.45, 2.75) is 0 Å². The van der Waals surface area contributed by atoms with Gasteiger partial charge in [-0.15, -0.1) is 0 Å². The zero-order valence-corrected chi connectivity index (χ0v) is 11.4. The smallest absolute Gasteiger partial charge is 0.269 e. The van der Waals surface area contributed by atoms with Gasteiger partial charge in [0.05, 0.1) is 4.92 Å². The number of nitro groups is 1. The molecule has 0 saturated carbocycles. The molecule has 5 nitrogen and oxygen atoms in total. The Morgan fingerprint density at radius 1 is 0.955 bits per heavy atom. The molecule has 0 amide bonds. The van der Waals surface area contributed by atoms with E-state index in [1.165, 1.54) is 12.1 Å². The van der Waals surface area contributed by atoms with Gasteiger partial charge in [0.15, 0.2) is 5.58 Å². The van der Waals surface area contributed by atoms with E-state index in [-0.39, 0.29) is 5.69 Å². The number of oxazole rings is 1. The SMILES string of the molecule is O=[N+]([O-])c1ccc(-c2nc3cc4ccccc4cc3o2)cc1. The second kappa shape index (κ2) is 4.66. The van der Waals surface area contributed by atoms with Crippen molar-refractivity contribution in [2.24, 2.45) is 0 Å². The molecule has 4 aromatic rings. The molecule has 0 aliphatic heterocycles. The van der Waals surface area contributed by atoms with Crippen molar-refractivity contribution in [1.82, 2.24) is 4.98 Å². The Morgan fingerprint density at radius 2 is 1.64 bits per heavy atom. The molecule has 0 N–H and O–H groups in total. The molecule has 0 bridgehead atoms. The highest BCUT2D eigenvalue weighted by Gasteiger charge is 2.11. The summed E-state index contributed by atoms with van der Waals surface area (Å²) in [5.74, 6) is 0.459. The van der Waals surface area contributed by atoms with Gasteiger partial charge in [-0.25, -0.2) is 4.98 Å². The minimum absolute atomic E-state index is 0.0469. The van der Waals surface area contributed by atoms with Crippen LogP contribution in [0.15, 0.2) is 65.1 Å². The van der Waals surface area contributed by atoms with E-state index in [0.29, 0.717) is 17.0 Å². The van der Waals surface area contributed by atoms with Gasteiger partial charge in [0.2, 0.25) is 5.89 Å². The molecule has 0 aliphatic carbocycles. The molecule has 1 heterocycles. The van der Waals surface area contributed by atoms with Crippen LogP contribution in [0, 0.1) is 10.1 Å². The number of rotatable bonds is 2. The summed E-state index contributed by atoms with van der Waals surface area (Å²) in [4.78, 5) is 14.7. The molecule has 4 rings (SSSR count). The van der Waals surface area contributed by atoms with Crippen molar-refractivity contribution in [2.75, 3.05) is 0 Å². The molecular weight excluding hydrogens is 280 g/mol. The zero-order valence-electron chi connectivity index (χ0n) is 11.4. The van der Waals surface area contributed by atoms with E-state index >= 15 is 0 Å². The Labute approximate surface area is 125 Å². The minimum atomic E-state index is -0.428. The van der Waals surface area contributed by atoms with Gasteiger partial charge >= 0.3 is 0 Å². The van der Waals surface area contributed by atoms with E-state index in [1.807, 2.05) is 36.4 Å². The highest BCUT2D eigenvalue weighted by molar-refractivity contribution is 5.94. The summed E-state index contributed by atoms with van der Waals surface area (Å²) >= 11 is 0. The van der Waals surface area contributed by atoms with Crippen molar-refractivity contribution < 1.29 is 9.34 Å². The van der Waals surface area contributed by atoms with Crippen LogP contribution in [0.3, 0.4) is 0 Å². The predicted octanol–water partition coefficient (Wildman–Crippen LogP) is 4.56. The Bertz CT molecular complexity index is 951. The summed E-state index contributed by atoms with van der Waals surface area (Å²) in [7, 11) is 0. The average molecular weight is 290 g/mol. The Kier molecular flexibility index (Phi) is 2.66. The topological polar surface area (TPSA) is 69.2 Å². The maximum absolute atomic E-state index is 10.7. The van der Waals surface area contributed by atoms with Crippen LogP contribution < -0.4 is 0 Å². The van der Waals surface area contributed by atoms with Crippen LogP contribution in [0.25, 0.3) is 33.3 Å². The third kappa shape index (κ3) is 2.00. The molecular formula is C17H10N2O3. The van der Waals surface area contributed by atoms with E-state index in [2.05, 4.69) is 4.98 Å². The molecule has 3 aromatic carbocycles. The number of fused-ring (bicyclic) bond motifs is 2. The van der Waals surface area contributed by atoms with Crippen LogP contribution >= 0.6 is 0 Å². The average Bonchev–Trinajstić information content (AvgIpc) is 2.95. The lowest BCUT2D eigenvalue weighted by atomic mass is 10.1. The van der Waals surface area contributed by atoms with Crippen molar-refractivity contribution in [1.29, 1.82) is 0 Å². The Hall–Kier alpha value is -3.21. The van der Waals surface area contributed by atoms with Crippen LogP contribution in [0.5, 0.6) is 0 Å².